The Morgan fingerprint density at radius 2 is 1.07 bits per heavy atom. The summed E-state index contributed by atoms with van der Waals surface area (Å²) in [6.07, 6.45) is 1.89. The van der Waals surface area contributed by atoms with E-state index in [0.717, 1.165) is 36.7 Å². The summed E-state index contributed by atoms with van der Waals surface area (Å²) in [5.74, 6) is -5.14. The Hall–Kier alpha value is -2.55. The van der Waals surface area contributed by atoms with E-state index >= 15 is 0 Å². The van der Waals surface area contributed by atoms with Gasteiger partial charge in [0.05, 0.1) is 11.9 Å². The zero-order valence-corrected chi connectivity index (χ0v) is 16.6. The van der Waals surface area contributed by atoms with Crippen molar-refractivity contribution in [2.45, 2.75) is 0 Å². The maximum atomic E-state index is 10.3. The maximum absolute atomic E-state index is 10.3. The van der Waals surface area contributed by atoms with Gasteiger partial charge in [0, 0.05) is 23.5 Å². The minimum atomic E-state index is -1.38. The average Bonchev–Trinajstić information content (AvgIpc) is 2.63. The van der Waals surface area contributed by atoms with E-state index < -0.39 is 40.4 Å². The van der Waals surface area contributed by atoms with Crippen LogP contribution in [0, 0.1) is 0 Å². The number of hydrogen-bond donors (Lipinski definition) is 2. The van der Waals surface area contributed by atoms with Crippen LogP contribution < -0.4 is 10.2 Å². The molecule has 0 amide bonds. The number of pyridine rings is 2. The molecule has 0 saturated carbocycles. The van der Waals surface area contributed by atoms with Crippen molar-refractivity contribution in [3.8, 4) is 0 Å². The van der Waals surface area contributed by atoms with E-state index in [-0.39, 0.29) is 22.5 Å². The van der Waals surface area contributed by atoms with Crippen molar-refractivity contribution in [1.29, 1.82) is 0 Å². The quantitative estimate of drug-likeness (QED) is 0.473. The number of carbonyl (C=O) groups excluding carboxylic acids is 2. The Balaban J connectivity index is 0.000000438. The molecule has 0 spiro atoms. The second kappa shape index (κ2) is 12.7. The predicted octanol–water partition coefficient (Wildman–Crippen LogP) is -0.337. The SMILES string of the molecule is O=C([O-])c1ccc(C(=O)O)nc1.O=C([O-])c1ccc(C(=O)O)nc1.[Cl][Pt+2][Cl]. The minimum absolute atomic E-state index is 0.139. The van der Waals surface area contributed by atoms with Crippen LogP contribution in [0.4, 0.5) is 0 Å². The van der Waals surface area contributed by atoms with Gasteiger partial charge in [-0.3, -0.25) is 0 Å². The number of carboxylic acid groups (broad SMARTS) is 4. The molecule has 0 aliphatic rings. The van der Waals surface area contributed by atoms with Crippen LogP contribution in [0.3, 0.4) is 0 Å². The normalized spacial score (nSPS) is 9.11. The summed E-state index contributed by atoms with van der Waals surface area (Å²) in [6.45, 7) is 0. The summed E-state index contributed by atoms with van der Waals surface area (Å²) in [4.78, 5) is 47.6. The third-order valence-electron chi connectivity index (χ3n) is 2.44. The molecule has 0 atom stereocenters. The van der Waals surface area contributed by atoms with Crippen LogP contribution >= 0.6 is 18.8 Å². The van der Waals surface area contributed by atoms with Gasteiger partial charge in [-0.25, -0.2) is 19.6 Å². The zero-order chi connectivity index (χ0) is 21.0. The van der Waals surface area contributed by atoms with Gasteiger partial charge in [-0.1, -0.05) is 0 Å². The first kappa shape index (κ1) is 24.4. The van der Waals surface area contributed by atoms with Gasteiger partial charge < -0.3 is 30.0 Å². The summed E-state index contributed by atoms with van der Waals surface area (Å²) in [5, 5.41) is 37.1. The molecule has 2 aromatic rings. The van der Waals surface area contributed by atoms with Crippen LogP contribution in [0.2, 0.25) is 0 Å². The molecule has 2 heterocycles. The molecule has 0 saturated heterocycles. The summed E-state index contributed by atoms with van der Waals surface area (Å²) < 4.78 is 0. The van der Waals surface area contributed by atoms with Crippen molar-refractivity contribution < 1.29 is 56.1 Å². The molecule has 2 rings (SSSR count). The second-order valence-electron chi connectivity index (χ2n) is 4.09. The molecule has 0 aromatic carbocycles. The molecule has 2 N–H and O–H groups in total. The molecule has 0 aliphatic heterocycles. The van der Waals surface area contributed by atoms with Crippen LogP contribution in [0.5, 0.6) is 0 Å². The summed E-state index contributed by atoms with van der Waals surface area (Å²) in [7, 11) is 9.75. The fourth-order valence-corrected chi connectivity index (χ4v) is 1.28. The van der Waals surface area contributed by atoms with E-state index in [1.54, 1.807) is 0 Å². The Morgan fingerprint density at radius 3 is 1.22 bits per heavy atom. The Morgan fingerprint density at radius 1 is 0.778 bits per heavy atom. The molecular formula is C14H8Cl2N2O8Pt. The summed E-state index contributed by atoms with van der Waals surface area (Å²) in [6, 6.07) is 4.47. The number of carbonyl (C=O) groups is 4. The van der Waals surface area contributed by atoms with E-state index in [4.69, 9.17) is 29.0 Å². The van der Waals surface area contributed by atoms with Crippen LogP contribution in [-0.4, -0.2) is 44.1 Å². The number of aromatic nitrogens is 2. The fourth-order valence-electron chi connectivity index (χ4n) is 1.28. The van der Waals surface area contributed by atoms with Gasteiger partial charge in [0.15, 0.2) is 0 Å². The van der Waals surface area contributed by atoms with Crippen molar-refractivity contribution in [3.63, 3.8) is 0 Å². The van der Waals surface area contributed by atoms with E-state index in [0.29, 0.717) is 0 Å². The number of aromatic carboxylic acids is 4. The summed E-state index contributed by atoms with van der Waals surface area (Å²) in [5.41, 5.74) is -0.667. The van der Waals surface area contributed by atoms with Gasteiger partial charge in [-0.2, -0.15) is 0 Å². The Kier molecular flexibility index (Phi) is 11.5. The second-order valence-corrected chi connectivity index (χ2v) is 7.38. The van der Waals surface area contributed by atoms with Gasteiger partial charge in [-0.05, 0) is 24.3 Å². The molecule has 13 heteroatoms. The van der Waals surface area contributed by atoms with Gasteiger partial charge >= 0.3 is 47.3 Å². The molecule has 0 aliphatic carbocycles. The molecular weight excluding hydrogens is 590 g/mol. The first-order chi connectivity index (χ1) is 12.6. The first-order valence-electron chi connectivity index (χ1n) is 6.27. The average molecular weight is 598 g/mol. The van der Waals surface area contributed by atoms with Gasteiger partial charge in [0.25, 0.3) is 0 Å². The third kappa shape index (κ3) is 9.64. The third-order valence-corrected chi connectivity index (χ3v) is 2.44. The molecule has 146 valence electrons. The van der Waals surface area contributed by atoms with Gasteiger partial charge in [-0.15, -0.1) is 0 Å². The van der Waals surface area contributed by atoms with Crippen LogP contribution in [-0.2, 0) is 16.5 Å². The van der Waals surface area contributed by atoms with Crippen molar-refractivity contribution in [3.05, 3.63) is 59.2 Å². The van der Waals surface area contributed by atoms with E-state index in [1.165, 1.54) is 0 Å². The van der Waals surface area contributed by atoms with Crippen LogP contribution in [0.15, 0.2) is 36.7 Å². The van der Waals surface area contributed by atoms with Crippen LogP contribution in [0.25, 0.3) is 0 Å². The number of hydrogen-bond acceptors (Lipinski definition) is 8. The molecule has 2 aromatic heterocycles. The predicted molar refractivity (Wildman–Crippen MR) is 82.8 cm³/mol. The number of nitrogens with zero attached hydrogens (tertiary/aromatic N) is 2. The fraction of sp³-hybridized carbons (Fsp3) is 0. The number of carboxylic acids is 4. The van der Waals surface area contributed by atoms with E-state index in [9.17, 15) is 29.4 Å². The number of halogens is 2. The van der Waals surface area contributed by atoms with Gasteiger partial charge in [0.2, 0.25) is 0 Å². The Bertz CT molecular complexity index is 666. The van der Waals surface area contributed by atoms with Crippen LogP contribution in [0.1, 0.15) is 41.7 Å². The van der Waals surface area contributed by atoms with Crippen molar-refractivity contribution in [1.82, 2.24) is 9.97 Å². The van der Waals surface area contributed by atoms with Crippen molar-refractivity contribution in [2.24, 2.45) is 0 Å². The molecule has 0 bridgehead atoms. The Labute approximate surface area is 167 Å². The zero-order valence-electron chi connectivity index (χ0n) is 12.8. The molecule has 10 nitrogen and oxygen atoms in total. The number of rotatable bonds is 4. The van der Waals surface area contributed by atoms with E-state index in [1.807, 2.05) is 0 Å². The van der Waals surface area contributed by atoms with Crippen molar-refractivity contribution in [2.75, 3.05) is 0 Å². The monoisotopic (exact) mass is 597 g/mol. The summed E-state index contributed by atoms with van der Waals surface area (Å²) >= 11 is -0.472. The standard InChI is InChI=1S/2C7H5NO4.2ClH.Pt/c2*9-6(10)4-1-2-5(7(11)12)8-3-4;;;/h2*1-3H,(H,9,10)(H,11,12);2*1H;/q;;;;+4/p-4. The van der Waals surface area contributed by atoms with Crippen molar-refractivity contribution >= 4 is 42.7 Å². The van der Waals surface area contributed by atoms with E-state index in [2.05, 4.69) is 9.97 Å². The molecule has 27 heavy (non-hydrogen) atoms. The molecule has 0 radical (unpaired) electrons. The molecule has 0 fully saturated rings. The van der Waals surface area contributed by atoms with Gasteiger partial charge in [0.1, 0.15) is 11.4 Å². The molecule has 0 unspecified atom stereocenters. The topological polar surface area (TPSA) is 181 Å². The first-order valence-corrected chi connectivity index (χ1v) is 11.9.